The van der Waals surface area contributed by atoms with Gasteiger partial charge < -0.3 is 19.2 Å². The average molecular weight is 548 g/mol. The summed E-state index contributed by atoms with van der Waals surface area (Å²) in [6, 6.07) is 20.8. The van der Waals surface area contributed by atoms with E-state index in [1.54, 1.807) is 11.3 Å². The number of piperidine rings is 1. The van der Waals surface area contributed by atoms with Gasteiger partial charge in [-0.15, -0.1) is 23.7 Å². The van der Waals surface area contributed by atoms with E-state index in [0.717, 1.165) is 83.1 Å². The zero-order valence-corrected chi connectivity index (χ0v) is 23.3. The SMILES string of the molecule is Cl.Cn1c(C(=O)c2cn(CCc3ccc(OCCC4CCNCC4)cc3)c3ccccc23)cc2sccc21. The number of nitrogens with zero attached hydrogens (tertiary/aromatic N) is 2. The first-order valence-corrected chi connectivity index (χ1v) is 14.1. The molecule has 3 aromatic heterocycles. The topological polar surface area (TPSA) is 48.2 Å². The number of ether oxygens (including phenoxy) is 1. The van der Waals surface area contributed by atoms with E-state index < -0.39 is 0 Å². The molecule has 38 heavy (non-hydrogen) atoms. The number of aromatic nitrogens is 2. The fraction of sp³-hybridized carbons (Fsp3) is 0.323. The molecule has 1 N–H and O–H groups in total. The maximum atomic E-state index is 13.6. The van der Waals surface area contributed by atoms with Crippen LogP contribution in [0.3, 0.4) is 0 Å². The van der Waals surface area contributed by atoms with Gasteiger partial charge in [-0.25, -0.2) is 0 Å². The molecule has 0 radical (unpaired) electrons. The van der Waals surface area contributed by atoms with Crippen LogP contribution in [0.1, 0.15) is 40.9 Å². The number of rotatable bonds is 9. The number of hydrogen-bond acceptors (Lipinski definition) is 4. The third-order valence-electron chi connectivity index (χ3n) is 7.75. The van der Waals surface area contributed by atoms with E-state index >= 15 is 0 Å². The molecule has 5 nitrogen and oxygen atoms in total. The standard InChI is InChI=1S/C31H33N3O2S.ClH/c1-33-28-14-19-37-30(28)20-29(33)31(35)26-21-34(27-5-3-2-4-25(26)27)17-12-22-6-8-24(9-7-22)36-18-13-23-10-15-32-16-11-23;/h2-9,14,19-21,23,32H,10-13,15-18H2,1H3;1H. The van der Waals surface area contributed by atoms with E-state index in [9.17, 15) is 4.79 Å². The molecule has 0 spiro atoms. The van der Waals surface area contributed by atoms with Crippen molar-refractivity contribution < 1.29 is 9.53 Å². The molecule has 1 aliphatic heterocycles. The Bertz CT molecular complexity index is 1530. The predicted molar refractivity (Wildman–Crippen MR) is 159 cm³/mol. The molecule has 0 amide bonds. The molecule has 7 heteroatoms. The minimum absolute atomic E-state index is 0. The lowest BCUT2D eigenvalue weighted by Gasteiger charge is -2.22. The highest BCUT2D eigenvalue weighted by atomic mass is 35.5. The molecule has 0 atom stereocenters. The summed E-state index contributed by atoms with van der Waals surface area (Å²) in [4.78, 5) is 13.6. The molecule has 0 aliphatic carbocycles. The van der Waals surface area contributed by atoms with Gasteiger partial charge in [0.25, 0.3) is 0 Å². The molecule has 2 aromatic carbocycles. The first-order valence-electron chi connectivity index (χ1n) is 13.3. The lowest BCUT2D eigenvalue weighted by molar-refractivity contribution is 0.103. The molecule has 4 heterocycles. The number of benzene rings is 2. The molecule has 5 aromatic rings. The summed E-state index contributed by atoms with van der Waals surface area (Å²) in [6.45, 7) is 3.87. The fourth-order valence-corrected chi connectivity index (χ4v) is 6.38. The summed E-state index contributed by atoms with van der Waals surface area (Å²) in [5.74, 6) is 1.80. The van der Waals surface area contributed by atoms with Gasteiger partial charge in [0, 0.05) is 36.3 Å². The largest absolute Gasteiger partial charge is 0.494 e. The summed E-state index contributed by atoms with van der Waals surface area (Å²) in [5.41, 5.74) is 4.97. The van der Waals surface area contributed by atoms with Crippen molar-refractivity contribution in [3.8, 4) is 5.75 Å². The number of carbonyl (C=O) groups excluding carboxylic acids is 1. The Balaban J connectivity index is 0.00000294. The lowest BCUT2D eigenvalue weighted by atomic mass is 9.95. The minimum Gasteiger partial charge on any atom is -0.494 e. The van der Waals surface area contributed by atoms with E-state index in [1.807, 2.05) is 36.0 Å². The van der Waals surface area contributed by atoms with Gasteiger partial charge in [0.15, 0.2) is 0 Å². The summed E-state index contributed by atoms with van der Waals surface area (Å²) >= 11 is 1.67. The Morgan fingerprint density at radius 2 is 1.84 bits per heavy atom. The number of hydrogen-bond donors (Lipinski definition) is 1. The van der Waals surface area contributed by atoms with E-state index in [2.05, 4.69) is 57.7 Å². The summed E-state index contributed by atoms with van der Waals surface area (Å²) in [5, 5.41) is 6.50. The third-order valence-corrected chi connectivity index (χ3v) is 8.60. The number of para-hydroxylation sites is 1. The van der Waals surface area contributed by atoms with Crippen LogP contribution in [-0.4, -0.2) is 34.6 Å². The smallest absolute Gasteiger partial charge is 0.211 e. The molecule has 0 unspecified atom stereocenters. The van der Waals surface area contributed by atoms with Gasteiger partial charge in [-0.05, 0) is 86.0 Å². The van der Waals surface area contributed by atoms with Crippen molar-refractivity contribution in [3.05, 3.63) is 89.1 Å². The van der Waals surface area contributed by atoms with Crippen molar-refractivity contribution in [1.82, 2.24) is 14.5 Å². The van der Waals surface area contributed by atoms with Crippen molar-refractivity contribution in [2.24, 2.45) is 13.0 Å². The zero-order chi connectivity index (χ0) is 25.2. The Kier molecular flexibility index (Phi) is 8.22. The van der Waals surface area contributed by atoms with Gasteiger partial charge in [-0.3, -0.25) is 4.79 Å². The Labute approximate surface area is 233 Å². The highest BCUT2D eigenvalue weighted by molar-refractivity contribution is 7.17. The van der Waals surface area contributed by atoms with Crippen LogP contribution < -0.4 is 10.1 Å². The number of ketones is 1. The van der Waals surface area contributed by atoms with Crippen LogP contribution in [0.5, 0.6) is 5.75 Å². The van der Waals surface area contributed by atoms with Crippen molar-refractivity contribution in [3.63, 3.8) is 0 Å². The van der Waals surface area contributed by atoms with E-state index in [1.165, 1.54) is 18.4 Å². The second-order valence-corrected chi connectivity index (χ2v) is 11.0. The number of carbonyl (C=O) groups is 1. The predicted octanol–water partition coefficient (Wildman–Crippen LogP) is 6.86. The quantitative estimate of drug-likeness (QED) is 0.205. The molecular formula is C31H34ClN3O2S. The second-order valence-electron chi connectivity index (χ2n) is 10.1. The van der Waals surface area contributed by atoms with Crippen LogP contribution >= 0.6 is 23.7 Å². The minimum atomic E-state index is 0. The van der Waals surface area contributed by atoms with Gasteiger partial charge in [0.1, 0.15) is 5.75 Å². The van der Waals surface area contributed by atoms with Crippen molar-refractivity contribution in [1.29, 1.82) is 0 Å². The molecule has 6 rings (SSSR count). The molecular weight excluding hydrogens is 514 g/mol. The summed E-state index contributed by atoms with van der Waals surface area (Å²) < 4.78 is 11.4. The maximum Gasteiger partial charge on any atom is 0.211 e. The number of thiophene rings is 1. The highest BCUT2D eigenvalue weighted by Gasteiger charge is 2.20. The third kappa shape index (κ3) is 5.39. The summed E-state index contributed by atoms with van der Waals surface area (Å²) in [6.07, 6.45) is 6.57. The van der Waals surface area contributed by atoms with Gasteiger partial charge in [-0.1, -0.05) is 30.3 Å². The van der Waals surface area contributed by atoms with E-state index in [4.69, 9.17) is 4.74 Å². The number of nitrogens with one attached hydrogen (secondary N) is 1. The Hall–Kier alpha value is -3.06. The van der Waals surface area contributed by atoms with Crippen LogP contribution in [0.15, 0.2) is 72.2 Å². The summed E-state index contributed by atoms with van der Waals surface area (Å²) in [7, 11) is 1.97. The van der Waals surface area contributed by atoms with E-state index in [-0.39, 0.29) is 18.2 Å². The number of aryl methyl sites for hydroxylation is 3. The van der Waals surface area contributed by atoms with Crippen molar-refractivity contribution in [2.75, 3.05) is 19.7 Å². The molecule has 0 bridgehead atoms. The highest BCUT2D eigenvalue weighted by Crippen LogP contribution is 2.29. The van der Waals surface area contributed by atoms with Crippen LogP contribution in [0.4, 0.5) is 0 Å². The Morgan fingerprint density at radius 1 is 1.05 bits per heavy atom. The second kappa shape index (κ2) is 11.8. The number of halogens is 1. The van der Waals surface area contributed by atoms with Crippen LogP contribution in [0.2, 0.25) is 0 Å². The molecule has 0 saturated carbocycles. The molecule has 1 fully saturated rings. The maximum absolute atomic E-state index is 13.6. The van der Waals surface area contributed by atoms with Crippen molar-refractivity contribution >= 4 is 50.6 Å². The fourth-order valence-electron chi connectivity index (χ4n) is 5.53. The lowest BCUT2D eigenvalue weighted by Crippen LogP contribution is -2.28. The average Bonchev–Trinajstić information content (AvgIpc) is 3.63. The number of fused-ring (bicyclic) bond motifs is 2. The molecule has 1 aliphatic rings. The van der Waals surface area contributed by atoms with Crippen LogP contribution in [-0.2, 0) is 20.0 Å². The van der Waals surface area contributed by atoms with Crippen molar-refractivity contribution in [2.45, 2.75) is 32.2 Å². The van der Waals surface area contributed by atoms with Crippen LogP contribution in [0, 0.1) is 5.92 Å². The van der Waals surface area contributed by atoms with Gasteiger partial charge in [-0.2, -0.15) is 0 Å². The zero-order valence-electron chi connectivity index (χ0n) is 21.7. The molecule has 198 valence electrons. The monoisotopic (exact) mass is 547 g/mol. The van der Waals surface area contributed by atoms with Gasteiger partial charge in [0.2, 0.25) is 5.78 Å². The first-order chi connectivity index (χ1) is 18.2. The normalized spacial score (nSPS) is 14.1. The Morgan fingerprint density at radius 3 is 2.63 bits per heavy atom. The van der Waals surface area contributed by atoms with Crippen LogP contribution in [0.25, 0.3) is 21.1 Å². The van der Waals surface area contributed by atoms with Gasteiger partial charge in [0.05, 0.1) is 22.5 Å². The van der Waals surface area contributed by atoms with E-state index in [0.29, 0.717) is 0 Å². The van der Waals surface area contributed by atoms with Gasteiger partial charge >= 0.3 is 0 Å². The molecule has 1 saturated heterocycles. The first kappa shape index (κ1) is 26.5.